The van der Waals surface area contributed by atoms with E-state index in [0.29, 0.717) is 0 Å². The van der Waals surface area contributed by atoms with Gasteiger partial charge in [0, 0.05) is 0 Å². The second-order valence-electron chi connectivity index (χ2n) is 1.06. The predicted octanol–water partition coefficient (Wildman–Crippen LogP) is -1.31. The van der Waals surface area contributed by atoms with Crippen molar-refractivity contribution >= 4 is 45.2 Å². The van der Waals surface area contributed by atoms with Crippen molar-refractivity contribution < 1.29 is 37.7 Å². The molecule has 11 heavy (non-hydrogen) atoms. The molecule has 0 aliphatic heterocycles. The summed E-state index contributed by atoms with van der Waals surface area (Å²) in [7, 11) is -10.1. The summed E-state index contributed by atoms with van der Waals surface area (Å²) < 4.78 is 22.2. The first-order chi connectivity index (χ1) is 3.71. The molecule has 0 aliphatic carbocycles. The fraction of sp³-hybridized carbons (Fsp3) is 0. The number of phosphoric acid groups is 2. The van der Waals surface area contributed by atoms with E-state index in [0.717, 1.165) is 0 Å². The van der Waals surface area contributed by atoms with Crippen molar-refractivity contribution in [1.82, 2.24) is 0 Å². The molecule has 0 spiro atoms. The van der Waals surface area contributed by atoms with Crippen LogP contribution in [0.4, 0.5) is 4.70 Å². The third-order valence-electron chi connectivity index (χ3n) is 0.213. The molecule has 0 aromatic carbocycles. The molecule has 66 valence electrons. The van der Waals surface area contributed by atoms with Crippen molar-refractivity contribution in [1.29, 1.82) is 0 Å². The molecule has 0 aliphatic rings. The molecule has 0 saturated carbocycles. The molecular formula is H6FNaO7P2. The van der Waals surface area contributed by atoms with E-state index >= 15 is 0 Å². The van der Waals surface area contributed by atoms with Gasteiger partial charge in [0.15, 0.2) is 0 Å². The van der Waals surface area contributed by atoms with Crippen LogP contribution in [0.1, 0.15) is 0 Å². The van der Waals surface area contributed by atoms with E-state index in [4.69, 9.17) is 19.6 Å². The van der Waals surface area contributed by atoms with Gasteiger partial charge in [-0.15, -0.1) is 0 Å². The molecule has 11 heteroatoms. The number of rotatable bonds is 2. The van der Waals surface area contributed by atoms with Crippen LogP contribution < -0.4 is 0 Å². The Bertz CT molecular complexity index is 157. The van der Waals surface area contributed by atoms with Gasteiger partial charge in [-0.1, -0.05) is 0 Å². The van der Waals surface area contributed by atoms with Gasteiger partial charge in [0.25, 0.3) is 0 Å². The molecule has 7 nitrogen and oxygen atoms in total. The van der Waals surface area contributed by atoms with Crippen molar-refractivity contribution in [2.75, 3.05) is 0 Å². The molecule has 0 aromatic rings. The fourth-order valence-corrected chi connectivity index (χ4v) is 1.25. The Balaban J connectivity index is -0.000000320. The summed E-state index contributed by atoms with van der Waals surface area (Å²) in [5.74, 6) is 0. The van der Waals surface area contributed by atoms with Gasteiger partial charge >= 0.3 is 45.2 Å². The summed E-state index contributed by atoms with van der Waals surface area (Å²) in [6, 6.07) is 0. The molecule has 0 unspecified atom stereocenters. The van der Waals surface area contributed by atoms with Gasteiger partial charge in [-0.05, 0) is 0 Å². The minimum absolute atomic E-state index is 0. The molecule has 0 saturated heterocycles. The van der Waals surface area contributed by atoms with E-state index in [2.05, 4.69) is 4.31 Å². The molecule has 0 bridgehead atoms. The third-order valence-corrected chi connectivity index (χ3v) is 1.91. The average molecular weight is 222 g/mol. The molecule has 0 atom stereocenters. The molecule has 4 N–H and O–H groups in total. The Morgan fingerprint density at radius 3 is 1.09 bits per heavy atom. The molecule has 0 aromatic heterocycles. The van der Waals surface area contributed by atoms with Crippen LogP contribution in [0.5, 0.6) is 0 Å². The number of hydrogen-bond acceptors (Lipinski definition) is 3. The van der Waals surface area contributed by atoms with Crippen molar-refractivity contribution in [3.8, 4) is 0 Å². The molecule has 0 heterocycles. The van der Waals surface area contributed by atoms with E-state index in [1.54, 1.807) is 0 Å². The van der Waals surface area contributed by atoms with E-state index in [1.165, 1.54) is 0 Å². The molecule has 0 rings (SSSR count). The van der Waals surface area contributed by atoms with E-state index < -0.39 is 15.6 Å². The normalized spacial score (nSPS) is 11.3. The number of halogens is 1. The Labute approximate surface area is 82.9 Å². The summed E-state index contributed by atoms with van der Waals surface area (Å²) in [6.07, 6.45) is 0. The topological polar surface area (TPSA) is 124 Å². The molecule has 0 radical (unpaired) electrons. The van der Waals surface area contributed by atoms with Crippen LogP contribution in [0.25, 0.3) is 0 Å². The van der Waals surface area contributed by atoms with Crippen molar-refractivity contribution in [3.63, 3.8) is 0 Å². The Morgan fingerprint density at radius 1 is 0.909 bits per heavy atom. The van der Waals surface area contributed by atoms with Crippen LogP contribution in [-0.2, 0) is 13.4 Å². The number of hydrogen-bond donors (Lipinski definition) is 4. The summed E-state index contributed by atoms with van der Waals surface area (Å²) in [4.78, 5) is 31.0. The summed E-state index contributed by atoms with van der Waals surface area (Å²) >= 11 is 0. The van der Waals surface area contributed by atoms with Crippen LogP contribution in [0, 0.1) is 0 Å². The van der Waals surface area contributed by atoms with E-state index in [1.807, 2.05) is 0 Å². The minimum atomic E-state index is -5.05. The Kier molecular flexibility index (Phi) is 9.48. The van der Waals surface area contributed by atoms with Gasteiger partial charge in [0.05, 0.1) is 0 Å². The van der Waals surface area contributed by atoms with Gasteiger partial charge in [-0.3, -0.25) is 4.70 Å². The second kappa shape index (κ2) is 5.77. The van der Waals surface area contributed by atoms with Gasteiger partial charge < -0.3 is 19.6 Å². The zero-order chi connectivity index (χ0) is 7.71. The Hall–Kier alpha value is 1.19. The van der Waals surface area contributed by atoms with Gasteiger partial charge in [0.2, 0.25) is 0 Å². The van der Waals surface area contributed by atoms with Crippen LogP contribution >= 0.6 is 15.6 Å². The first-order valence-corrected chi connectivity index (χ1v) is 4.59. The standard InChI is InChI=1S/FH.Na.H4O7P2.H/c;;1-8(2,3)7-9(4,5)6;/h1H;;(H2,1,2,3)(H2,4,5,6);. The maximum absolute atomic E-state index is 9.63. The van der Waals surface area contributed by atoms with Crippen molar-refractivity contribution in [3.05, 3.63) is 0 Å². The van der Waals surface area contributed by atoms with E-state index in [9.17, 15) is 9.13 Å². The monoisotopic (exact) mass is 222 g/mol. The molecule has 0 amide bonds. The van der Waals surface area contributed by atoms with Crippen LogP contribution in [0.2, 0.25) is 0 Å². The van der Waals surface area contributed by atoms with Crippen LogP contribution in [0.3, 0.4) is 0 Å². The van der Waals surface area contributed by atoms with Crippen LogP contribution in [0.15, 0.2) is 0 Å². The maximum atomic E-state index is 9.63. The van der Waals surface area contributed by atoms with Crippen molar-refractivity contribution in [2.45, 2.75) is 0 Å². The van der Waals surface area contributed by atoms with Gasteiger partial charge in [-0.2, -0.15) is 4.31 Å². The zero-order valence-corrected chi connectivity index (χ0v) is 6.11. The molecule has 0 fully saturated rings. The first-order valence-electron chi connectivity index (χ1n) is 1.53. The van der Waals surface area contributed by atoms with Crippen LogP contribution in [-0.4, -0.2) is 49.1 Å². The molecular weight excluding hydrogens is 216 g/mol. The fourth-order valence-electron chi connectivity index (χ4n) is 0.139. The first kappa shape index (κ1) is 18.1. The summed E-state index contributed by atoms with van der Waals surface area (Å²) in [5.41, 5.74) is 0. The quantitative estimate of drug-likeness (QED) is 0.337. The van der Waals surface area contributed by atoms with Crippen molar-refractivity contribution in [2.24, 2.45) is 0 Å². The van der Waals surface area contributed by atoms with E-state index in [-0.39, 0.29) is 34.3 Å². The second-order valence-corrected chi connectivity index (χ2v) is 3.68. The van der Waals surface area contributed by atoms with Gasteiger partial charge in [0.1, 0.15) is 0 Å². The van der Waals surface area contributed by atoms with Gasteiger partial charge in [-0.25, -0.2) is 9.13 Å². The average Bonchev–Trinajstić information content (AvgIpc) is 1.14. The summed E-state index contributed by atoms with van der Waals surface area (Å²) in [6.45, 7) is 0. The summed E-state index contributed by atoms with van der Waals surface area (Å²) in [5, 5.41) is 0. The Morgan fingerprint density at radius 2 is 1.09 bits per heavy atom. The third kappa shape index (κ3) is 18.3. The zero-order valence-electron chi connectivity index (χ0n) is 4.32. The SMILES string of the molecule is F.O=P(O)(O)OP(=O)(O)O.[NaH]. The predicted molar refractivity (Wildman–Crippen MR) is 34.8 cm³/mol.